The van der Waals surface area contributed by atoms with Crippen LogP contribution < -0.4 is 5.73 Å². The molecule has 1 aliphatic rings. The van der Waals surface area contributed by atoms with Crippen molar-refractivity contribution in [2.75, 3.05) is 5.73 Å². The molecule has 126 valence electrons. The number of hydrogen-bond donors (Lipinski definition) is 2. The van der Waals surface area contributed by atoms with Gasteiger partial charge in [-0.25, -0.2) is 18.9 Å². The second kappa shape index (κ2) is 5.09. The second-order valence-electron chi connectivity index (χ2n) is 5.86. The van der Waals surface area contributed by atoms with Crippen molar-refractivity contribution >= 4 is 22.9 Å². The van der Waals surface area contributed by atoms with Crippen molar-refractivity contribution in [3.8, 4) is 17.0 Å². The zero-order valence-electron chi connectivity index (χ0n) is 13.3. The quantitative estimate of drug-likeness (QED) is 0.486. The molecule has 1 aromatic carbocycles. The Bertz CT molecular complexity index is 1230. The molecule has 0 saturated heterocycles. The Hall–Kier alpha value is -3.81. The number of halogens is 1. The second-order valence-corrected chi connectivity index (χ2v) is 5.86. The summed E-state index contributed by atoms with van der Waals surface area (Å²) in [5, 5.41) is 13.7. The van der Waals surface area contributed by atoms with Crippen LogP contribution in [0.5, 0.6) is 5.75 Å². The highest BCUT2D eigenvalue weighted by Crippen LogP contribution is 2.38. The normalized spacial score (nSPS) is 12.6. The highest BCUT2D eigenvalue weighted by molar-refractivity contribution is 6.20. The fourth-order valence-electron chi connectivity index (χ4n) is 3.18. The Labute approximate surface area is 146 Å². The summed E-state index contributed by atoms with van der Waals surface area (Å²) in [7, 11) is 0. The molecule has 0 amide bonds. The van der Waals surface area contributed by atoms with Crippen LogP contribution in [-0.4, -0.2) is 30.4 Å². The van der Waals surface area contributed by atoms with Crippen LogP contribution in [0.2, 0.25) is 0 Å². The third-order valence-electron chi connectivity index (χ3n) is 4.28. The van der Waals surface area contributed by atoms with Gasteiger partial charge in [0.15, 0.2) is 0 Å². The summed E-state index contributed by atoms with van der Waals surface area (Å²) in [6.45, 7) is 0. The number of aliphatic imine (C=N–C) groups is 1. The fourth-order valence-corrected chi connectivity index (χ4v) is 3.18. The summed E-state index contributed by atoms with van der Waals surface area (Å²) in [6.07, 6.45) is 4.96. The summed E-state index contributed by atoms with van der Waals surface area (Å²) < 4.78 is 16.2. The highest BCUT2D eigenvalue weighted by atomic mass is 19.1. The van der Waals surface area contributed by atoms with Gasteiger partial charge >= 0.3 is 0 Å². The number of phenolic OH excluding ortho intramolecular Hbond substituents is 1. The molecule has 8 heteroatoms. The van der Waals surface area contributed by atoms with Crippen LogP contribution in [0.15, 0.2) is 53.9 Å². The maximum absolute atomic E-state index is 14.6. The molecule has 4 aromatic rings. The Kier molecular flexibility index (Phi) is 2.84. The number of benzene rings is 1. The van der Waals surface area contributed by atoms with Crippen LogP contribution in [0.1, 0.15) is 11.1 Å². The van der Waals surface area contributed by atoms with Gasteiger partial charge in [-0.3, -0.25) is 4.98 Å². The van der Waals surface area contributed by atoms with E-state index in [2.05, 4.69) is 20.1 Å². The first-order valence-electron chi connectivity index (χ1n) is 7.79. The van der Waals surface area contributed by atoms with Crippen molar-refractivity contribution in [3.63, 3.8) is 0 Å². The number of aromatic hydroxyl groups is 1. The molecule has 0 radical (unpaired) electrons. The van der Waals surface area contributed by atoms with Crippen LogP contribution in [0.4, 0.5) is 16.0 Å². The molecule has 7 nitrogen and oxygen atoms in total. The molecule has 26 heavy (non-hydrogen) atoms. The van der Waals surface area contributed by atoms with Gasteiger partial charge in [0.25, 0.3) is 0 Å². The minimum Gasteiger partial charge on any atom is -0.508 e. The third kappa shape index (κ3) is 1.99. The van der Waals surface area contributed by atoms with E-state index in [4.69, 9.17) is 5.73 Å². The average molecular weight is 346 g/mol. The Morgan fingerprint density at radius 2 is 1.96 bits per heavy atom. The van der Waals surface area contributed by atoms with Gasteiger partial charge in [0.1, 0.15) is 22.8 Å². The first-order chi connectivity index (χ1) is 12.6. The lowest BCUT2D eigenvalue weighted by molar-refractivity contribution is 0.469. The molecule has 0 fully saturated rings. The van der Waals surface area contributed by atoms with Gasteiger partial charge < -0.3 is 10.8 Å². The number of phenols is 1. The van der Waals surface area contributed by atoms with Crippen molar-refractivity contribution in [2.45, 2.75) is 0 Å². The summed E-state index contributed by atoms with van der Waals surface area (Å²) in [5.74, 6) is -0.605. The van der Waals surface area contributed by atoms with Gasteiger partial charge in [-0.2, -0.15) is 0 Å². The van der Waals surface area contributed by atoms with E-state index in [0.29, 0.717) is 28.2 Å². The average Bonchev–Trinajstić information content (AvgIpc) is 2.97. The van der Waals surface area contributed by atoms with Crippen molar-refractivity contribution in [1.82, 2.24) is 19.6 Å². The molecule has 4 heterocycles. The zero-order valence-corrected chi connectivity index (χ0v) is 13.3. The zero-order chi connectivity index (χ0) is 17.8. The van der Waals surface area contributed by atoms with Gasteiger partial charge in [-0.05, 0) is 24.3 Å². The lowest BCUT2D eigenvalue weighted by atomic mass is 10.0. The maximum atomic E-state index is 14.6. The summed E-state index contributed by atoms with van der Waals surface area (Å²) in [6, 6.07) is 7.54. The maximum Gasteiger partial charge on any atom is 0.238 e. The standard InChI is InChI=1S/C18H11FN6O/c19-13-7-9(26)1-2-10(13)15-12-4-6-25-17(12)16(23-18(20)24-25)11-3-5-21-8-14(11)22-15/h1-8,26H,(H2,20,24). The Morgan fingerprint density at radius 1 is 1.08 bits per heavy atom. The summed E-state index contributed by atoms with van der Waals surface area (Å²) >= 11 is 0. The molecular formula is C18H11FN6O. The number of aromatic nitrogens is 4. The van der Waals surface area contributed by atoms with Crippen LogP contribution in [-0.2, 0) is 0 Å². The first-order valence-corrected chi connectivity index (χ1v) is 7.79. The van der Waals surface area contributed by atoms with E-state index in [1.54, 1.807) is 35.2 Å². The van der Waals surface area contributed by atoms with Gasteiger partial charge in [0.2, 0.25) is 5.95 Å². The van der Waals surface area contributed by atoms with Crippen molar-refractivity contribution in [3.05, 3.63) is 65.9 Å². The predicted octanol–water partition coefficient (Wildman–Crippen LogP) is 2.70. The molecule has 0 bridgehead atoms. The van der Waals surface area contributed by atoms with E-state index in [1.807, 2.05) is 0 Å². The molecule has 0 atom stereocenters. The largest absolute Gasteiger partial charge is 0.508 e. The molecule has 0 saturated carbocycles. The van der Waals surface area contributed by atoms with E-state index in [9.17, 15) is 9.50 Å². The molecular weight excluding hydrogens is 335 g/mol. The van der Waals surface area contributed by atoms with E-state index in [0.717, 1.165) is 11.6 Å². The number of fused-ring (bicyclic) bond motifs is 2. The lowest BCUT2D eigenvalue weighted by Gasteiger charge is -2.07. The Balaban J connectivity index is 1.93. The SMILES string of the molecule is Nc1nc2c3c(ccn3n1)C(c1ccc(O)cc1F)=Nc1cnccc1-2. The highest BCUT2D eigenvalue weighted by Gasteiger charge is 2.25. The van der Waals surface area contributed by atoms with Crippen molar-refractivity contribution in [1.29, 1.82) is 0 Å². The van der Waals surface area contributed by atoms with Crippen molar-refractivity contribution < 1.29 is 9.50 Å². The van der Waals surface area contributed by atoms with Crippen molar-refractivity contribution in [2.24, 2.45) is 4.99 Å². The van der Waals surface area contributed by atoms with E-state index < -0.39 is 5.82 Å². The lowest BCUT2D eigenvalue weighted by Crippen LogP contribution is -2.07. The molecule has 1 aliphatic heterocycles. The van der Waals surface area contributed by atoms with Crippen LogP contribution in [0, 0.1) is 5.82 Å². The van der Waals surface area contributed by atoms with E-state index in [-0.39, 0.29) is 17.3 Å². The van der Waals surface area contributed by atoms with Gasteiger partial charge in [0, 0.05) is 35.2 Å². The minimum atomic E-state index is -0.576. The molecule has 0 aliphatic carbocycles. The number of hydrogen-bond acceptors (Lipinski definition) is 6. The Morgan fingerprint density at radius 3 is 2.81 bits per heavy atom. The molecule has 3 N–H and O–H groups in total. The number of nitrogen functional groups attached to an aromatic ring is 1. The smallest absolute Gasteiger partial charge is 0.238 e. The number of rotatable bonds is 1. The van der Waals surface area contributed by atoms with Crippen LogP contribution in [0.3, 0.4) is 0 Å². The molecule has 0 unspecified atom stereocenters. The number of nitrogens with zero attached hydrogens (tertiary/aromatic N) is 5. The molecule has 5 rings (SSSR count). The number of anilines is 1. The molecule has 3 aromatic heterocycles. The van der Waals surface area contributed by atoms with Crippen LogP contribution in [0.25, 0.3) is 16.8 Å². The van der Waals surface area contributed by atoms with Crippen LogP contribution >= 0.6 is 0 Å². The molecule has 0 spiro atoms. The third-order valence-corrected chi connectivity index (χ3v) is 4.28. The van der Waals surface area contributed by atoms with Gasteiger partial charge in [-0.15, -0.1) is 5.10 Å². The predicted molar refractivity (Wildman–Crippen MR) is 94.0 cm³/mol. The van der Waals surface area contributed by atoms with E-state index in [1.165, 1.54) is 12.1 Å². The topological polar surface area (TPSA) is 102 Å². The number of nitrogens with two attached hydrogens (primary N) is 1. The van der Waals surface area contributed by atoms with Gasteiger partial charge in [-0.1, -0.05) is 0 Å². The van der Waals surface area contributed by atoms with E-state index >= 15 is 0 Å². The summed E-state index contributed by atoms with van der Waals surface area (Å²) in [5.41, 5.74) is 9.74. The first kappa shape index (κ1) is 14.5. The fraction of sp³-hybridized carbons (Fsp3) is 0. The summed E-state index contributed by atoms with van der Waals surface area (Å²) in [4.78, 5) is 13.1. The monoisotopic (exact) mass is 346 g/mol. The van der Waals surface area contributed by atoms with Gasteiger partial charge in [0.05, 0.1) is 17.6 Å². The number of pyridine rings is 1. The minimum absolute atomic E-state index is 0.122.